The van der Waals surface area contributed by atoms with E-state index in [1.807, 2.05) is 0 Å². The largest absolute Gasteiger partial charge is 0.0888 e. The van der Waals surface area contributed by atoms with E-state index in [1.165, 1.54) is 43.2 Å². The van der Waals surface area contributed by atoms with Crippen molar-refractivity contribution >= 4 is 0 Å². The molecule has 1 rings (SSSR count). The zero-order chi connectivity index (χ0) is 11.6. The Morgan fingerprint density at radius 3 is 2.12 bits per heavy atom. The Morgan fingerprint density at radius 2 is 1.56 bits per heavy atom. The molecule has 85 valence electrons. The summed E-state index contributed by atoms with van der Waals surface area (Å²) in [5.41, 5.74) is 2.76. The van der Waals surface area contributed by atoms with E-state index in [-0.39, 0.29) is 0 Å². The average Bonchev–Trinajstić information content (AvgIpc) is 2.33. The van der Waals surface area contributed by atoms with E-state index in [9.17, 15) is 0 Å². The topological polar surface area (TPSA) is 0 Å². The molecule has 0 amide bonds. The van der Waals surface area contributed by atoms with Gasteiger partial charge in [0.15, 0.2) is 0 Å². The van der Waals surface area contributed by atoms with Crippen molar-refractivity contribution in [3.05, 3.63) is 41.8 Å². The molecule has 0 saturated carbocycles. The SMILES string of the molecule is [C]#CCCc1ccc(CCCCCC)cc1. The van der Waals surface area contributed by atoms with E-state index in [1.54, 1.807) is 0 Å². The number of unbranched alkanes of at least 4 members (excludes halogenated alkanes) is 3. The van der Waals surface area contributed by atoms with Crippen LogP contribution in [-0.2, 0) is 12.8 Å². The first-order valence-corrected chi connectivity index (χ1v) is 6.34. The van der Waals surface area contributed by atoms with Gasteiger partial charge in [0.1, 0.15) is 0 Å². The monoisotopic (exact) mass is 213 g/mol. The third-order valence-electron chi connectivity index (χ3n) is 2.88. The predicted octanol–water partition coefficient (Wildman–Crippen LogP) is 4.33. The van der Waals surface area contributed by atoms with Gasteiger partial charge in [-0.15, -0.1) is 0 Å². The summed E-state index contributed by atoms with van der Waals surface area (Å²) in [6, 6.07) is 8.83. The lowest BCUT2D eigenvalue weighted by molar-refractivity contribution is 0.667. The van der Waals surface area contributed by atoms with Crippen molar-refractivity contribution in [1.29, 1.82) is 0 Å². The third kappa shape index (κ3) is 5.03. The third-order valence-corrected chi connectivity index (χ3v) is 2.88. The summed E-state index contributed by atoms with van der Waals surface area (Å²) in [6.07, 6.45) is 15.1. The van der Waals surface area contributed by atoms with Crippen LogP contribution >= 0.6 is 0 Å². The van der Waals surface area contributed by atoms with Gasteiger partial charge < -0.3 is 0 Å². The highest BCUT2D eigenvalue weighted by molar-refractivity contribution is 5.23. The van der Waals surface area contributed by atoms with Gasteiger partial charge in [-0.25, -0.2) is 0 Å². The van der Waals surface area contributed by atoms with Gasteiger partial charge >= 0.3 is 0 Å². The second-order valence-corrected chi connectivity index (χ2v) is 4.30. The maximum Gasteiger partial charge on any atom is 0.0139 e. The lowest BCUT2D eigenvalue weighted by Crippen LogP contribution is -1.88. The van der Waals surface area contributed by atoms with Crippen LogP contribution in [0.2, 0.25) is 0 Å². The second-order valence-electron chi connectivity index (χ2n) is 4.30. The molecule has 0 atom stereocenters. The Bertz CT molecular complexity index is 313. The molecule has 0 aliphatic heterocycles. The van der Waals surface area contributed by atoms with Crippen LogP contribution in [-0.4, -0.2) is 0 Å². The fourth-order valence-corrected chi connectivity index (χ4v) is 1.84. The van der Waals surface area contributed by atoms with Crippen LogP contribution in [0.4, 0.5) is 0 Å². The van der Waals surface area contributed by atoms with E-state index in [0.717, 1.165) is 12.8 Å². The number of hydrogen-bond donors (Lipinski definition) is 0. The minimum Gasteiger partial charge on any atom is -0.0888 e. The fourth-order valence-electron chi connectivity index (χ4n) is 1.84. The summed E-state index contributed by atoms with van der Waals surface area (Å²) >= 11 is 0. The Kier molecular flexibility index (Phi) is 6.42. The Labute approximate surface area is 100 Å². The molecule has 1 aromatic carbocycles. The van der Waals surface area contributed by atoms with Crippen molar-refractivity contribution in [1.82, 2.24) is 0 Å². The maximum absolute atomic E-state index is 6.87. The minimum atomic E-state index is 0.732. The van der Waals surface area contributed by atoms with Crippen LogP contribution in [0.15, 0.2) is 24.3 Å². The van der Waals surface area contributed by atoms with E-state index >= 15 is 0 Å². The smallest absolute Gasteiger partial charge is 0.0139 e. The summed E-state index contributed by atoms with van der Waals surface area (Å²) in [7, 11) is 0. The highest BCUT2D eigenvalue weighted by Crippen LogP contribution is 2.10. The van der Waals surface area contributed by atoms with Crippen LogP contribution in [0.25, 0.3) is 0 Å². The van der Waals surface area contributed by atoms with Gasteiger partial charge in [0, 0.05) is 6.42 Å². The molecule has 0 aliphatic rings. The zero-order valence-corrected chi connectivity index (χ0v) is 10.3. The normalized spacial score (nSPS) is 10.0. The van der Waals surface area contributed by atoms with Crippen LogP contribution in [0, 0.1) is 12.3 Å². The summed E-state index contributed by atoms with van der Waals surface area (Å²) in [4.78, 5) is 0. The molecule has 0 saturated heterocycles. The average molecular weight is 213 g/mol. The summed E-state index contributed by atoms with van der Waals surface area (Å²) in [5, 5.41) is 0. The molecular weight excluding hydrogens is 192 g/mol. The molecule has 0 nitrogen and oxygen atoms in total. The van der Waals surface area contributed by atoms with Crippen molar-refractivity contribution in [2.45, 2.75) is 51.9 Å². The number of aryl methyl sites for hydroxylation is 2. The molecular formula is C16H21. The predicted molar refractivity (Wildman–Crippen MR) is 69.7 cm³/mol. The summed E-state index contributed by atoms with van der Waals surface area (Å²) < 4.78 is 0. The van der Waals surface area contributed by atoms with E-state index < -0.39 is 0 Å². The lowest BCUT2D eigenvalue weighted by Gasteiger charge is -2.03. The van der Waals surface area contributed by atoms with Crippen LogP contribution < -0.4 is 0 Å². The maximum atomic E-state index is 6.87. The van der Waals surface area contributed by atoms with Crippen molar-refractivity contribution < 1.29 is 0 Å². The minimum absolute atomic E-state index is 0.732. The molecule has 16 heavy (non-hydrogen) atoms. The van der Waals surface area contributed by atoms with Gasteiger partial charge in [0.2, 0.25) is 0 Å². The summed E-state index contributed by atoms with van der Waals surface area (Å²) in [5.74, 6) is 2.43. The van der Waals surface area contributed by atoms with Gasteiger partial charge in [-0.3, -0.25) is 0 Å². The first kappa shape index (κ1) is 12.8. The first-order valence-electron chi connectivity index (χ1n) is 6.34. The molecule has 0 N–H and O–H groups in total. The van der Waals surface area contributed by atoms with Gasteiger partial charge in [-0.2, -0.15) is 0 Å². The molecule has 0 unspecified atom stereocenters. The number of rotatable bonds is 7. The van der Waals surface area contributed by atoms with Crippen LogP contribution in [0.3, 0.4) is 0 Å². The van der Waals surface area contributed by atoms with Crippen molar-refractivity contribution in [3.63, 3.8) is 0 Å². The Balaban J connectivity index is 2.31. The van der Waals surface area contributed by atoms with E-state index in [0.29, 0.717) is 0 Å². The molecule has 0 aromatic heterocycles. The first-order chi connectivity index (χ1) is 7.86. The Morgan fingerprint density at radius 1 is 0.938 bits per heavy atom. The van der Waals surface area contributed by atoms with Gasteiger partial charge in [-0.1, -0.05) is 56.4 Å². The van der Waals surface area contributed by atoms with E-state index in [2.05, 4.69) is 37.1 Å². The number of benzene rings is 1. The quantitative estimate of drug-likeness (QED) is 0.467. The van der Waals surface area contributed by atoms with E-state index in [4.69, 9.17) is 6.42 Å². The molecule has 0 bridgehead atoms. The molecule has 0 heterocycles. The fraction of sp³-hybridized carbons (Fsp3) is 0.500. The molecule has 1 aromatic rings. The molecule has 0 heteroatoms. The zero-order valence-electron chi connectivity index (χ0n) is 10.3. The molecule has 1 radical (unpaired) electrons. The molecule has 0 aliphatic carbocycles. The standard InChI is InChI=1S/C16H21/c1-3-5-7-8-10-16-13-11-15(12-14-16)9-6-4-2/h11-14H,3,5-10H2,1H3. The van der Waals surface area contributed by atoms with Crippen LogP contribution in [0.5, 0.6) is 0 Å². The summed E-state index contributed by atoms with van der Waals surface area (Å²) in [6.45, 7) is 2.25. The number of hydrogen-bond acceptors (Lipinski definition) is 0. The highest BCUT2D eigenvalue weighted by Gasteiger charge is 1.95. The Hall–Kier alpha value is -1.22. The van der Waals surface area contributed by atoms with Crippen molar-refractivity contribution in [3.8, 4) is 5.92 Å². The highest BCUT2D eigenvalue weighted by atomic mass is 14.0. The van der Waals surface area contributed by atoms with Crippen molar-refractivity contribution in [2.75, 3.05) is 0 Å². The lowest BCUT2D eigenvalue weighted by atomic mass is 10.0. The van der Waals surface area contributed by atoms with Gasteiger partial charge in [-0.05, 0) is 36.8 Å². The van der Waals surface area contributed by atoms with Gasteiger partial charge in [0.05, 0.1) is 0 Å². The van der Waals surface area contributed by atoms with Gasteiger partial charge in [0.25, 0.3) is 0 Å². The molecule has 0 spiro atoms. The van der Waals surface area contributed by atoms with Crippen molar-refractivity contribution in [2.24, 2.45) is 0 Å². The second kappa shape index (κ2) is 7.99. The molecule has 0 fully saturated rings. The van der Waals surface area contributed by atoms with Crippen LogP contribution in [0.1, 0.15) is 50.2 Å².